The van der Waals surface area contributed by atoms with Crippen LogP contribution in [0.1, 0.15) is 16.7 Å². The molecule has 1 aliphatic rings. The first kappa shape index (κ1) is 9.92. The maximum Gasteiger partial charge on any atom is 0.180 e. The van der Waals surface area contributed by atoms with E-state index >= 15 is 0 Å². The second-order valence-electron chi connectivity index (χ2n) is 3.18. The van der Waals surface area contributed by atoms with Gasteiger partial charge in [0.1, 0.15) is 0 Å². The molecule has 0 saturated heterocycles. The lowest BCUT2D eigenvalue weighted by molar-refractivity contribution is 0.775. The highest BCUT2D eigenvalue weighted by atomic mass is 35.5. The third-order valence-electron chi connectivity index (χ3n) is 2.33. The molecular weight excluding hydrogens is 250 g/mol. The first-order valence-electron chi connectivity index (χ1n) is 3.74. The summed E-state index contributed by atoms with van der Waals surface area (Å²) in [5.74, 6) is 0. The van der Waals surface area contributed by atoms with Crippen molar-refractivity contribution in [2.45, 2.75) is 15.6 Å². The van der Waals surface area contributed by atoms with E-state index in [0.29, 0.717) is 0 Å². The van der Waals surface area contributed by atoms with E-state index in [4.69, 9.17) is 46.4 Å². The summed E-state index contributed by atoms with van der Waals surface area (Å²) in [6.45, 7) is 1.92. The van der Waals surface area contributed by atoms with Crippen LogP contribution >= 0.6 is 46.4 Å². The van der Waals surface area contributed by atoms with Crippen LogP contribution in [0.5, 0.6) is 0 Å². The number of benzene rings is 1. The van der Waals surface area contributed by atoms with Gasteiger partial charge in [0.25, 0.3) is 0 Å². The molecule has 0 unspecified atom stereocenters. The highest BCUT2D eigenvalue weighted by molar-refractivity contribution is 6.62. The van der Waals surface area contributed by atoms with Gasteiger partial charge in [-0.2, -0.15) is 0 Å². The summed E-state index contributed by atoms with van der Waals surface area (Å²) in [7, 11) is 0. The molecule has 4 heteroatoms. The van der Waals surface area contributed by atoms with Crippen molar-refractivity contribution in [1.29, 1.82) is 0 Å². The summed E-state index contributed by atoms with van der Waals surface area (Å²) in [6.07, 6.45) is 0. The summed E-state index contributed by atoms with van der Waals surface area (Å²) in [5.41, 5.74) is 2.54. The largest absolute Gasteiger partial charge is 0.180 e. The van der Waals surface area contributed by atoms with Crippen molar-refractivity contribution >= 4 is 46.4 Å². The summed E-state index contributed by atoms with van der Waals surface area (Å²) in [4.78, 5) is 0. The van der Waals surface area contributed by atoms with E-state index in [1.807, 2.05) is 25.1 Å². The topological polar surface area (TPSA) is 0 Å². The van der Waals surface area contributed by atoms with Gasteiger partial charge in [0.05, 0.1) is 0 Å². The number of aryl methyl sites for hydroxylation is 1. The molecule has 0 N–H and O–H groups in total. The van der Waals surface area contributed by atoms with Gasteiger partial charge in [0.2, 0.25) is 0 Å². The Balaban J connectivity index is 2.73. The van der Waals surface area contributed by atoms with Crippen LogP contribution in [-0.4, -0.2) is 0 Å². The Morgan fingerprint density at radius 1 is 1.00 bits per heavy atom. The minimum Gasteiger partial charge on any atom is -0.0925 e. The Hall–Kier alpha value is 0.380. The van der Waals surface area contributed by atoms with E-state index in [9.17, 15) is 0 Å². The van der Waals surface area contributed by atoms with Crippen LogP contribution in [0.25, 0.3) is 0 Å². The normalized spacial score (nSPS) is 21.9. The molecule has 70 valence electrons. The molecule has 0 fully saturated rings. The predicted molar refractivity (Wildman–Crippen MR) is 57.9 cm³/mol. The van der Waals surface area contributed by atoms with Crippen molar-refractivity contribution in [2.75, 3.05) is 0 Å². The molecule has 2 bridgehead atoms. The molecule has 1 aromatic rings. The standard InChI is InChI=1S/C9H6Cl4/c1-5-2-3-6-4-7(5)9(12,13)8(6,10)11/h2-4H,1H3. The molecule has 0 heterocycles. The molecule has 0 saturated carbocycles. The Kier molecular flexibility index (Phi) is 2.06. The van der Waals surface area contributed by atoms with Crippen LogP contribution < -0.4 is 0 Å². The third kappa shape index (κ3) is 1.13. The number of rotatable bonds is 0. The van der Waals surface area contributed by atoms with Crippen molar-refractivity contribution in [1.82, 2.24) is 0 Å². The number of hydrogen-bond donors (Lipinski definition) is 0. The van der Waals surface area contributed by atoms with Crippen molar-refractivity contribution in [3.63, 3.8) is 0 Å². The minimum absolute atomic E-state index is 0.751. The summed E-state index contributed by atoms with van der Waals surface area (Å²) in [6, 6.07) is 5.59. The van der Waals surface area contributed by atoms with E-state index < -0.39 is 8.67 Å². The van der Waals surface area contributed by atoms with E-state index in [0.717, 1.165) is 16.7 Å². The highest BCUT2D eigenvalue weighted by Gasteiger charge is 2.54. The first-order valence-corrected chi connectivity index (χ1v) is 5.26. The van der Waals surface area contributed by atoms with Gasteiger partial charge >= 0.3 is 0 Å². The van der Waals surface area contributed by atoms with Crippen molar-refractivity contribution < 1.29 is 0 Å². The highest BCUT2D eigenvalue weighted by Crippen LogP contribution is 2.61. The summed E-state index contributed by atoms with van der Waals surface area (Å²) < 4.78 is -2.47. The molecule has 0 atom stereocenters. The Morgan fingerprint density at radius 2 is 1.62 bits per heavy atom. The number of alkyl halides is 4. The van der Waals surface area contributed by atoms with Gasteiger partial charge in [0, 0.05) is 0 Å². The van der Waals surface area contributed by atoms with Crippen molar-refractivity contribution in [3.05, 3.63) is 34.9 Å². The zero-order valence-corrected chi connectivity index (χ0v) is 9.77. The SMILES string of the molecule is Cc1ccc2cc1C(Cl)(Cl)C2(Cl)Cl. The van der Waals surface area contributed by atoms with Gasteiger partial charge < -0.3 is 0 Å². The summed E-state index contributed by atoms with van der Waals surface area (Å²) >= 11 is 24.4. The first-order chi connectivity index (χ1) is 5.87. The monoisotopic (exact) mass is 254 g/mol. The van der Waals surface area contributed by atoms with Crippen LogP contribution in [0.15, 0.2) is 18.2 Å². The molecular formula is C9H6Cl4. The maximum absolute atomic E-state index is 6.11. The van der Waals surface area contributed by atoms with Gasteiger partial charge in [-0.05, 0) is 29.7 Å². The smallest absolute Gasteiger partial charge is 0.0925 e. The summed E-state index contributed by atoms with van der Waals surface area (Å²) in [5, 5.41) is 0. The lowest BCUT2D eigenvalue weighted by Gasteiger charge is -2.26. The van der Waals surface area contributed by atoms with Crippen LogP contribution in [0, 0.1) is 6.92 Å². The number of halogens is 4. The molecule has 1 aromatic carbocycles. The predicted octanol–water partition coefficient (Wildman–Crippen LogP) is 4.27. The quantitative estimate of drug-likeness (QED) is 0.608. The molecule has 0 nitrogen and oxygen atoms in total. The van der Waals surface area contributed by atoms with Crippen LogP contribution in [0.3, 0.4) is 0 Å². The molecule has 0 amide bonds. The third-order valence-corrected chi connectivity index (χ3v) is 4.70. The van der Waals surface area contributed by atoms with Gasteiger partial charge in [-0.1, -0.05) is 58.5 Å². The van der Waals surface area contributed by atoms with E-state index in [1.54, 1.807) is 0 Å². The lowest BCUT2D eigenvalue weighted by atomic mass is 10.1. The van der Waals surface area contributed by atoms with Crippen LogP contribution in [0.2, 0.25) is 0 Å². The molecule has 2 rings (SSSR count). The fourth-order valence-corrected chi connectivity index (χ4v) is 2.57. The molecule has 0 radical (unpaired) electrons. The Bertz CT molecular complexity index is 368. The minimum atomic E-state index is -1.24. The van der Waals surface area contributed by atoms with Crippen LogP contribution in [-0.2, 0) is 8.67 Å². The second-order valence-corrected chi connectivity index (χ2v) is 5.83. The van der Waals surface area contributed by atoms with Crippen LogP contribution in [0.4, 0.5) is 0 Å². The van der Waals surface area contributed by atoms with Gasteiger partial charge in [0.15, 0.2) is 8.67 Å². The average molecular weight is 256 g/mol. The van der Waals surface area contributed by atoms with E-state index in [-0.39, 0.29) is 0 Å². The molecule has 0 spiro atoms. The van der Waals surface area contributed by atoms with Crippen molar-refractivity contribution in [3.8, 4) is 0 Å². The Morgan fingerprint density at radius 3 is 2.15 bits per heavy atom. The van der Waals surface area contributed by atoms with Gasteiger partial charge in [-0.15, -0.1) is 0 Å². The average Bonchev–Trinajstić information content (AvgIpc) is 2.16. The molecule has 0 aromatic heterocycles. The lowest BCUT2D eigenvalue weighted by Crippen LogP contribution is -2.25. The number of hydrogen-bond acceptors (Lipinski definition) is 0. The Labute approximate surface area is 96.7 Å². The van der Waals surface area contributed by atoms with E-state index in [1.165, 1.54) is 0 Å². The molecule has 0 aliphatic heterocycles. The molecule has 1 aliphatic carbocycles. The van der Waals surface area contributed by atoms with Gasteiger partial charge in [-0.3, -0.25) is 0 Å². The maximum atomic E-state index is 6.11. The molecule has 13 heavy (non-hydrogen) atoms. The van der Waals surface area contributed by atoms with Gasteiger partial charge in [-0.25, -0.2) is 0 Å². The fourth-order valence-electron chi connectivity index (χ4n) is 1.51. The van der Waals surface area contributed by atoms with E-state index in [2.05, 4.69) is 0 Å². The second kappa shape index (κ2) is 2.70. The van der Waals surface area contributed by atoms with Crippen molar-refractivity contribution in [2.24, 2.45) is 0 Å². The fraction of sp³-hybridized carbons (Fsp3) is 0.333. The zero-order chi connectivity index (χ0) is 9.85. The number of fused-ring (bicyclic) bond motifs is 2. The zero-order valence-electron chi connectivity index (χ0n) is 6.74.